The molecule has 3 unspecified atom stereocenters. The molecule has 1 saturated carbocycles. The van der Waals surface area contributed by atoms with E-state index in [0.717, 1.165) is 37.3 Å². The summed E-state index contributed by atoms with van der Waals surface area (Å²) in [7, 11) is 0. The second-order valence-electron chi connectivity index (χ2n) is 5.67. The van der Waals surface area contributed by atoms with Crippen LogP contribution in [0, 0.1) is 23.2 Å². The van der Waals surface area contributed by atoms with E-state index < -0.39 is 0 Å². The van der Waals surface area contributed by atoms with Gasteiger partial charge in [0.25, 0.3) is 0 Å². The lowest BCUT2D eigenvalue weighted by molar-refractivity contribution is 0.200. The Morgan fingerprint density at radius 2 is 2.11 bits per heavy atom. The molecule has 1 aliphatic rings. The first-order valence-corrected chi connectivity index (χ1v) is 7.70. The largest absolute Gasteiger partial charge is 0.265 e. The van der Waals surface area contributed by atoms with Crippen LogP contribution >= 0.6 is 0 Å². The minimum absolute atomic E-state index is 0.137. The van der Waals surface area contributed by atoms with Gasteiger partial charge in [0, 0.05) is 5.69 Å². The highest BCUT2D eigenvalue weighted by Gasteiger charge is 2.32. The molecule has 3 nitrogen and oxygen atoms in total. The number of hydrogen-bond acceptors (Lipinski definition) is 2. The Hall–Kier alpha value is -1.30. The second-order valence-corrected chi connectivity index (χ2v) is 5.67. The van der Waals surface area contributed by atoms with Crippen molar-refractivity contribution in [1.29, 1.82) is 5.26 Å². The Kier molecular flexibility index (Phi) is 4.63. The molecule has 0 saturated heterocycles. The number of rotatable bonds is 4. The van der Waals surface area contributed by atoms with Crippen molar-refractivity contribution in [2.45, 2.75) is 65.3 Å². The monoisotopic (exact) mass is 259 g/mol. The molecule has 1 aliphatic carbocycles. The predicted molar refractivity (Wildman–Crippen MR) is 76.8 cm³/mol. The molecular weight excluding hydrogens is 234 g/mol. The highest BCUT2D eigenvalue weighted by Crippen LogP contribution is 2.38. The van der Waals surface area contributed by atoms with Gasteiger partial charge in [-0.1, -0.05) is 27.2 Å². The van der Waals surface area contributed by atoms with Gasteiger partial charge in [0.2, 0.25) is 0 Å². The lowest BCUT2D eigenvalue weighted by Gasteiger charge is -2.33. The van der Waals surface area contributed by atoms with Crippen LogP contribution in [-0.2, 0) is 12.8 Å². The number of hydrogen-bond donors (Lipinski definition) is 0. The van der Waals surface area contributed by atoms with Crippen LogP contribution in [0.4, 0.5) is 0 Å². The summed E-state index contributed by atoms with van der Waals surface area (Å²) < 4.78 is 2.18. The molecule has 1 aromatic heterocycles. The molecule has 0 aliphatic heterocycles. The molecule has 3 heteroatoms. The van der Waals surface area contributed by atoms with Crippen molar-refractivity contribution >= 4 is 0 Å². The van der Waals surface area contributed by atoms with Crippen LogP contribution < -0.4 is 0 Å². The Balaban J connectivity index is 2.30. The van der Waals surface area contributed by atoms with Crippen LogP contribution in [0.3, 0.4) is 0 Å². The summed E-state index contributed by atoms with van der Waals surface area (Å²) in [6.07, 6.45) is 6.54. The van der Waals surface area contributed by atoms with Crippen molar-refractivity contribution in [1.82, 2.24) is 9.78 Å². The average molecular weight is 259 g/mol. The van der Waals surface area contributed by atoms with Crippen LogP contribution in [0.2, 0.25) is 0 Å². The van der Waals surface area contributed by atoms with Gasteiger partial charge in [-0.3, -0.25) is 4.68 Å². The molecular formula is C16H25N3. The van der Waals surface area contributed by atoms with Crippen molar-refractivity contribution in [2.75, 3.05) is 0 Å². The van der Waals surface area contributed by atoms with E-state index in [2.05, 4.69) is 37.6 Å². The van der Waals surface area contributed by atoms with Crippen LogP contribution in [0.15, 0.2) is 6.07 Å². The Morgan fingerprint density at radius 3 is 2.68 bits per heavy atom. The highest BCUT2D eigenvalue weighted by molar-refractivity contribution is 5.13. The molecule has 0 spiro atoms. The summed E-state index contributed by atoms with van der Waals surface area (Å²) in [6, 6.07) is 5.02. The van der Waals surface area contributed by atoms with Crippen molar-refractivity contribution in [3.63, 3.8) is 0 Å². The van der Waals surface area contributed by atoms with Gasteiger partial charge in [0.05, 0.1) is 23.7 Å². The van der Waals surface area contributed by atoms with Gasteiger partial charge in [-0.15, -0.1) is 0 Å². The molecule has 0 amide bonds. The van der Waals surface area contributed by atoms with E-state index in [9.17, 15) is 5.26 Å². The zero-order chi connectivity index (χ0) is 13.8. The molecule has 1 fully saturated rings. The maximum Gasteiger partial charge on any atom is 0.0688 e. The van der Waals surface area contributed by atoms with Gasteiger partial charge in [0.15, 0.2) is 0 Å². The van der Waals surface area contributed by atoms with Crippen molar-refractivity contribution < 1.29 is 0 Å². The molecule has 1 heterocycles. The average Bonchev–Trinajstić information content (AvgIpc) is 2.89. The van der Waals surface area contributed by atoms with E-state index in [1.165, 1.54) is 18.5 Å². The number of aryl methyl sites for hydroxylation is 2. The minimum Gasteiger partial charge on any atom is -0.265 e. The summed E-state index contributed by atoms with van der Waals surface area (Å²) in [5.41, 5.74) is 2.45. The minimum atomic E-state index is 0.137. The van der Waals surface area contributed by atoms with Crippen molar-refractivity contribution in [2.24, 2.45) is 11.8 Å². The lowest BCUT2D eigenvalue weighted by atomic mass is 9.78. The predicted octanol–water partition coefficient (Wildman–Crippen LogP) is 3.90. The normalized spacial score (nSPS) is 27.2. The first-order chi connectivity index (χ1) is 9.23. The van der Waals surface area contributed by atoms with Crippen LogP contribution in [0.1, 0.15) is 63.9 Å². The summed E-state index contributed by atoms with van der Waals surface area (Å²) in [6.45, 7) is 6.58. The Labute approximate surface area is 116 Å². The van der Waals surface area contributed by atoms with E-state index in [0.29, 0.717) is 6.04 Å². The zero-order valence-corrected chi connectivity index (χ0v) is 12.4. The van der Waals surface area contributed by atoms with Gasteiger partial charge in [-0.2, -0.15) is 10.4 Å². The number of aromatic nitrogens is 2. The molecule has 0 N–H and O–H groups in total. The summed E-state index contributed by atoms with van der Waals surface area (Å²) in [5.74, 6) is 0.895. The molecule has 0 bridgehead atoms. The molecule has 0 radical (unpaired) electrons. The molecule has 19 heavy (non-hydrogen) atoms. The molecule has 0 aromatic carbocycles. The van der Waals surface area contributed by atoms with Crippen LogP contribution in [-0.4, -0.2) is 9.78 Å². The fraction of sp³-hybridized carbons (Fsp3) is 0.750. The Bertz CT molecular complexity index is 455. The van der Waals surface area contributed by atoms with Crippen molar-refractivity contribution in [3.05, 3.63) is 17.5 Å². The van der Waals surface area contributed by atoms with Gasteiger partial charge >= 0.3 is 0 Å². The SMILES string of the molecule is CCc1cc(CC)n(C2CC(CC)CCC2C#N)n1. The Morgan fingerprint density at radius 1 is 1.32 bits per heavy atom. The third-order valence-electron chi connectivity index (χ3n) is 4.57. The molecule has 1 aromatic rings. The van der Waals surface area contributed by atoms with E-state index in [1.54, 1.807) is 0 Å². The lowest BCUT2D eigenvalue weighted by Crippen LogP contribution is -2.28. The molecule has 104 valence electrons. The van der Waals surface area contributed by atoms with E-state index in [1.807, 2.05) is 0 Å². The zero-order valence-electron chi connectivity index (χ0n) is 12.4. The fourth-order valence-electron chi connectivity index (χ4n) is 3.24. The standard InChI is InChI=1S/C16H25N3/c1-4-12-7-8-13(11-17)16(9-12)19-15(6-3)10-14(5-2)18-19/h10,12-13,16H,4-9H2,1-3H3. The number of nitriles is 1. The smallest absolute Gasteiger partial charge is 0.0688 e. The van der Waals surface area contributed by atoms with E-state index >= 15 is 0 Å². The quantitative estimate of drug-likeness (QED) is 0.823. The van der Waals surface area contributed by atoms with Crippen LogP contribution in [0.25, 0.3) is 0 Å². The topological polar surface area (TPSA) is 41.6 Å². The van der Waals surface area contributed by atoms with Gasteiger partial charge in [0.1, 0.15) is 0 Å². The summed E-state index contributed by atoms with van der Waals surface area (Å²) >= 11 is 0. The fourth-order valence-corrected chi connectivity index (χ4v) is 3.24. The third kappa shape index (κ3) is 2.83. The first-order valence-electron chi connectivity index (χ1n) is 7.70. The van der Waals surface area contributed by atoms with E-state index in [4.69, 9.17) is 5.10 Å². The van der Waals surface area contributed by atoms with E-state index in [-0.39, 0.29) is 5.92 Å². The second kappa shape index (κ2) is 6.23. The number of nitrogens with zero attached hydrogens (tertiary/aromatic N) is 3. The molecule has 2 rings (SSSR count). The van der Waals surface area contributed by atoms with Crippen molar-refractivity contribution in [3.8, 4) is 6.07 Å². The first kappa shape index (κ1) is 14.1. The third-order valence-corrected chi connectivity index (χ3v) is 4.57. The maximum atomic E-state index is 9.42. The van der Waals surface area contributed by atoms with Crippen LogP contribution in [0.5, 0.6) is 0 Å². The van der Waals surface area contributed by atoms with Gasteiger partial charge < -0.3 is 0 Å². The summed E-state index contributed by atoms with van der Waals surface area (Å²) in [5, 5.41) is 14.2. The summed E-state index contributed by atoms with van der Waals surface area (Å²) in [4.78, 5) is 0. The highest BCUT2D eigenvalue weighted by atomic mass is 15.3. The van der Waals surface area contributed by atoms with Gasteiger partial charge in [-0.25, -0.2) is 0 Å². The maximum absolute atomic E-state index is 9.42. The van der Waals surface area contributed by atoms with Gasteiger partial charge in [-0.05, 0) is 44.1 Å². The molecule has 3 atom stereocenters.